The van der Waals surface area contributed by atoms with E-state index in [1.807, 2.05) is 11.8 Å². The van der Waals surface area contributed by atoms with Crippen molar-refractivity contribution in [2.75, 3.05) is 12.3 Å². The Hall–Kier alpha value is -0.180. The summed E-state index contributed by atoms with van der Waals surface area (Å²) in [5.74, 6) is 2.11. The molecule has 0 spiro atoms. The first-order chi connectivity index (χ1) is 7.16. The third kappa shape index (κ3) is 3.40. The molecule has 2 aliphatic rings. The fourth-order valence-electron chi connectivity index (χ4n) is 2.34. The highest BCUT2D eigenvalue weighted by atomic mass is 32.2. The van der Waals surface area contributed by atoms with Gasteiger partial charge in [0.1, 0.15) is 0 Å². The lowest BCUT2D eigenvalue weighted by molar-refractivity contribution is 0.509. The average molecular weight is 226 g/mol. The molecule has 1 saturated carbocycles. The maximum atomic E-state index is 4.65. The molecule has 0 unspecified atom stereocenters. The van der Waals surface area contributed by atoms with E-state index in [1.54, 1.807) is 0 Å². The molecule has 3 heteroatoms. The molecule has 1 aliphatic carbocycles. The molecule has 0 aromatic heterocycles. The van der Waals surface area contributed by atoms with Crippen molar-refractivity contribution in [3.05, 3.63) is 0 Å². The van der Waals surface area contributed by atoms with Crippen LogP contribution in [0.3, 0.4) is 0 Å². The van der Waals surface area contributed by atoms with E-state index in [0.717, 1.165) is 23.4 Å². The second-order valence-electron chi connectivity index (χ2n) is 5.42. The molecule has 1 aliphatic heterocycles. The van der Waals surface area contributed by atoms with Crippen LogP contribution in [-0.4, -0.2) is 23.0 Å². The van der Waals surface area contributed by atoms with E-state index in [-0.39, 0.29) is 5.54 Å². The lowest BCUT2D eigenvalue weighted by atomic mass is 10.0. The molecular weight excluding hydrogens is 204 g/mol. The van der Waals surface area contributed by atoms with Gasteiger partial charge >= 0.3 is 0 Å². The minimum Gasteiger partial charge on any atom is -0.359 e. The van der Waals surface area contributed by atoms with E-state index in [9.17, 15) is 0 Å². The fraction of sp³-hybridized carbons (Fsp3) is 0.917. The van der Waals surface area contributed by atoms with E-state index < -0.39 is 0 Å². The molecule has 0 bridgehead atoms. The lowest BCUT2D eigenvalue weighted by Gasteiger charge is -2.15. The number of nitrogens with zero attached hydrogens (tertiary/aromatic N) is 1. The third-order valence-corrected chi connectivity index (χ3v) is 4.65. The molecule has 1 N–H and O–H groups in total. The van der Waals surface area contributed by atoms with Crippen molar-refractivity contribution in [2.45, 2.75) is 51.5 Å². The Kier molecular flexibility index (Phi) is 3.60. The van der Waals surface area contributed by atoms with E-state index in [1.165, 1.54) is 32.1 Å². The van der Waals surface area contributed by atoms with Crippen molar-refractivity contribution < 1.29 is 0 Å². The molecule has 2 rings (SSSR count). The van der Waals surface area contributed by atoms with Gasteiger partial charge in [-0.05, 0) is 26.2 Å². The SMILES string of the molecule is CC1(C)CSC(=NCCC2CCCC2)N1. The monoisotopic (exact) mass is 226 g/mol. The number of aliphatic imine (C=N–C) groups is 1. The molecule has 0 radical (unpaired) electrons. The van der Waals surface area contributed by atoms with Gasteiger partial charge in [-0.25, -0.2) is 0 Å². The van der Waals surface area contributed by atoms with E-state index >= 15 is 0 Å². The first kappa shape index (κ1) is 11.3. The topological polar surface area (TPSA) is 24.4 Å². The largest absolute Gasteiger partial charge is 0.359 e. The minimum atomic E-state index is 0.247. The van der Waals surface area contributed by atoms with Crippen molar-refractivity contribution in [3.8, 4) is 0 Å². The van der Waals surface area contributed by atoms with Crippen LogP contribution >= 0.6 is 11.8 Å². The Labute approximate surface area is 97.3 Å². The van der Waals surface area contributed by atoms with Crippen LogP contribution in [0.4, 0.5) is 0 Å². The van der Waals surface area contributed by atoms with Gasteiger partial charge in [0.25, 0.3) is 0 Å². The maximum Gasteiger partial charge on any atom is 0.157 e. The van der Waals surface area contributed by atoms with E-state index in [0.29, 0.717) is 0 Å². The van der Waals surface area contributed by atoms with Gasteiger partial charge in [-0.3, -0.25) is 4.99 Å². The van der Waals surface area contributed by atoms with Crippen molar-refractivity contribution in [2.24, 2.45) is 10.9 Å². The molecule has 1 saturated heterocycles. The summed E-state index contributed by atoms with van der Waals surface area (Å²) in [7, 11) is 0. The smallest absolute Gasteiger partial charge is 0.157 e. The van der Waals surface area contributed by atoms with Gasteiger partial charge in [0.15, 0.2) is 5.17 Å². The van der Waals surface area contributed by atoms with Crippen LogP contribution in [0.5, 0.6) is 0 Å². The molecule has 0 aromatic carbocycles. The van der Waals surface area contributed by atoms with E-state index in [4.69, 9.17) is 0 Å². The highest BCUT2D eigenvalue weighted by Gasteiger charge is 2.27. The van der Waals surface area contributed by atoms with Crippen molar-refractivity contribution in [1.29, 1.82) is 0 Å². The fourth-order valence-corrected chi connectivity index (χ4v) is 3.44. The molecule has 2 nitrogen and oxygen atoms in total. The number of hydrogen-bond donors (Lipinski definition) is 1. The molecular formula is C12H22N2S. The zero-order chi connectivity index (χ0) is 10.7. The zero-order valence-corrected chi connectivity index (χ0v) is 10.7. The van der Waals surface area contributed by atoms with Gasteiger partial charge in [0.2, 0.25) is 0 Å². The van der Waals surface area contributed by atoms with Gasteiger partial charge in [-0.15, -0.1) is 0 Å². The lowest BCUT2D eigenvalue weighted by Crippen LogP contribution is -2.36. The Balaban J connectivity index is 1.70. The quantitative estimate of drug-likeness (QED) is 0.800. The summed E-state index contributed by atoms with van der Waals surface area (Å²) >= 11 is 1.87. The summed E-state index contributed by atoms with van der Waals surface area (Å²) in [5, 5.41) is 4.63. The molecule has 1 heterocycles. The molecule has 15 heavy (non-hydrogen) atoms. The number of hydrogen-bond acceptors (Lipinski definition) is 2. The second kappa shape index (κ2) is 4.77. The molecule has 0 atom stereocenters. The van der Waals surface area contributed by atoms with Gasteiger partial charge in [0, 0.05) is 17.8 Å². The summed E-state index contributed by atoms with van der Waals surface area (Å²) in [6.45, 7) is 5.50. The summed E-state index contributed by atoms with van der Waals surface area (Å²) in [6.07, 6.45) is 7.07. The summed E-state index contributed by atoms with van der Waals surface area (Å²) in [5.41, 5.74) is 0.247. The highest BCUT2D eigenvalue weighted by Crippen LogP contribution is 2.28. The number of amidine groups is 1. The molecule has 0 amide bonds. The van der Waals surface area contributed by atoms with E-state index in [2.05, 4.69) is 24.2 Å². The average Bonchev–Trinajstić information content (AvgIpc) is 2.76. The summed E-state index contributed by atoms with van der Waals surface area (Å²) < 4.78 is 0. The van der Waals surface area contributed by atoms with Gasteiger partial charge < -0.3 is 5.32 Å². The maximum absolute atomic E-state index is 4.65. The van der Waals surface area contributed by atoms with Crippen molar-refractivity contribution >= 4 is 16.9 Å². The summed E-state index contributed by atoms with van der Waals surface area (Å²) in [6, 6.07) is 0. The second-order valence-corrected chi connectivity index (χ2v) is 6.39. The highest BCUT2D eigenvalue weighted by molar-refractivity contribution is 8.14. The third-order valence-electron chi connectivity index (χ3n) is 3.28. The summed E-state index contributed by atoms with van der Waals surface area (Å²) in [4.78, 5) is 4.65. The zero-order valence-electron chi connectivity index (χ0n) is 9.88. The van der Waals surface area contributed by atoms with Gasteiger partial charge in [-0.2, -0.15) is 0 Å². The van der Waals surface area contributed by atoms with Crippen LogP contribution in [0, 0.1) is 5.92 Å². The first-order valence-corrected chi connectivity index (χ1v) is 7.10. The minimum absolute atomic E-state index is 0.247. The van der Waals surface area contributed by atoms with Crippen LogP contribution < -0.4 is 5.32 Å². The molecule has 0 aromatic rings. The van der Waals surface area contributed by atoms with Gasteiger partial charge in [0.05, 0.1) is 0 Å². The predicted molar refractivity (Wildman–Crippen MR) is 68.5 cm³/mol. The van der Waals surface area contributed by atoms with Crippen LogP contribution in [0.15, 0.2) is 4.99 Å². The van der Waals surface area contributed by atoms with Crippen LogP contribution in [0.25, 0.3) is 0 Å². The van der Waals surface area contributed by atoms with Crippen LogP contribution in [0.1, 0.15) is 46.0 Å². The van der Waals surface area contributed by atoms with Gasteiger partial charge in [-0.1, -0.05) is 37.4 Å². The normalized spacial score (nSPS) is 28.5. The van der Waals surface area contributed by atoms with Crippen LogP contribution in [-0.2, 0) is 0 Å². The van der Waals surface area contributed by atoms with Crippen LogP contribution in [0.2, 0.25) is 0 Å². The van der Waals surface area contributed by atoms with Crippen molar-refractivity contribution in [3.63, 3.8) is 0 Å². The Morgan fingerprint density at radius 2 is 2.13 bits per heavy atom. The molecule has 86 valence electrons. The Morgan fingerprint density at radius 1 is 1.40 bits per heavy atom. The predicted octanol–water partition coefficient (Wildman–Crippen LogP) is 3.04. The number of rotatable bonds is 3. The Morgan fingerprint density at radius 3 is 2.73 bits per heavy atom. The number of thioether (sulfide) groups is 1. The Bertz CT molecular complexity index is 242. The molecule has 2 fully saturated rings. The van der Waals surface area contributed by atoms with Crippen molar-refractivity contribution in [1.82, 2.24) is 5.32 Å². The number of nitrogens with one attached hydrogen (secondary N) is 1. The standard InChI is InChI=1S/C12H22N2S/c1-12(2)9-15-11(14-12)13-8-7-10-5-3-4-6-10/h10H,3-9H2,1-2H3,(H,13,14). The first-order valence-electron chi connectivity index (χ1n) is 6.11.